The highest BCUT2D eigenvalue weighted by molar-refractivity contribution is 5.80. The van der Waals surface area contributed by atoms with E-state index in [1.807, 2.05) is 17.9 Å². The van der Waals surface area contributed by atoms with Crippen molar-refractivity contribution in [3.8, 4) is 0 Å². The lowest BCUT2D eigenvalue weighted by molar-refractivity contribution is 0.485. The van der Waals surface area contributed by atoms with Gasteiger partial charge in [-0.1, -0.05) is 13.3 Å². The first kappa shape index (κ1) is 14.9. The lowest BCUT2D eigenvalue weighted by Crippen LogP contribution is -2.40. The van der Waals surface area contributed by atoms with Gasteiger partial charge in [-0.3, -0.25) is 9.67 Å². The van der Waals surface area contributed by atoms with Crippen LogP contribution < -0.4 is 5.32 Å². The molecular formula is C15H27N5. The van der Waals surface area contributed by atoms with E-state index in [0.717, 1.165) is 38.6 Å². The van der Waals surface area contributed by atoms with Crippen LogP contribution >= 0.6 is 0 Å². The Morgan fingerprint density at radius 3 is 3.00 bits per heavy atom. The summed E-state index contributed by atoms with van der Waals surface area (Å²) >= 11 is 0. The Bertz CT molecular complexity index is 437. The number of likely N-dealkylation sites (tertiary alicyclic amines) is 1. The van der Waals surface area contributed by atoms with Crippen LogP contribution in [0.5, 0.6) is 0 Å². The van der Waals surface area contributed by atoms with E-state index in [4.69, 9.17) is 4.99 Å². The third-order valence-corrected chi connectivity index (χ3v) is 3.79. The first-order chi connectivity index (χ1) is 9.74. The maximum absolute atomic E-state index is 4.73. The van der Waals surface area contributed by atoms with Crippen LogP contribution in [0.3, 0.4) is 0 Å². The molecule has 0 aliphatic carbocycles. The molecule has 1 saturated heterocycles. The molecule has 1 aromatic heterocycles. The maximum atomic E-state index is 4.73. The van der Waals surface area contributed by atoms with Crippen LogP contribution in [0.2, 0.25) is 0 Å². The molecule has 0 amide bonds. The summed E-state index contributed by atoms with van der Waals surface area (Å²) in [5.74, 6) is 1.66. The van der Waals surface area contributed by atoms with Crippen LogP contribution in [-0.2, 0) is 7.05 Å². The van der Waals surface area contributed by atoms with E-state index in [9.17, 15) is 0 Å². The van der Waals surface area contributed by atoms with Crippen molar-refractivity contribution in [3.05, 3.63) is 18.0 Å². The number of hydrogen-bond donors (Lipinski definition) is 1. The predicted molar refractivity (Wildman–Crippen MR) is 83.0 cm³/mol. The molecule has 1 N–H and O–H groups in total. The molecular weight excluding hydrogens is 250 g/mol. The van der Waals surface area contributed by atoms with E-state index >= 15 is 0 Å². The Morgan fingerprint density at radius 1 is 1.50 bits per heavy atom. The summed E-state index contributed by atoms with van der Waals surface area (Å²) in [6.45, 7) is 8.31. The molecule has 0 aromatic carbocycles. The number of unbranched alkanes of at least 4 members (excludes halogenated alkanes) is 1. The first-order valence-corrected chi connectivity index (χ1v) is 7.76. The summed E-state index contributed by atoms with van der Waals surface area (Å²) < 4.78 is 1.89. The second kappa shape index (κ2) is 7.31. The quantitative estimate of drug-likeness (QED) is 0.508. The third kappa shape index (κ3) is 3.74. The van der Waals surface area contributed by atoms with E-state index in [1.54, 1.807) is 0 Å². The Morgan fingerprint density at radius 2 is 2.35 bits per heavy atom. The van der Waals surface area contributed by atoms with Crippen molar-refractivity contribution in [2.75, 3.05) is 26.2 Å². The second-order valence-electron chi connectivity index (χ2n) is 5.47. The molecule has 1 atom stereocenters. The Hall–Kier alpha value is -1.52. The molecule has 0 radical (unpaired) electrons. The van der Waals surface area contributed by atoms with Crippen LogP contribution in [0.15, 0.2) is 17.4 Å². The van der Waals surface area contributed by atoms with Crippen molar-refractivity contribution >= 4 is 5.96 Å². The second-order valence-corrected chi connectivity index (χ2v) is 5.47. The van der Waals surface area contributed by atoms with Crippen molar-refractivity contribution in [2.24, 2.45) is 12.0 Å². The molecule has 2 heterocycles. The minimum Gasteiger partial charge on any atom is -0.357 e. The van der Waals surface area contributed by atoms with Crippen molar-refractivity contribution in [2.45, 2.75) is 39.0 Å². The van der Waals surface area contributed by atoms with Crippen molar-refractivity contribution in [3.63, 3.8) is 0 Å². The van der Waals surface area contributed by atoms with Gasteiger partial charge in [0, 0.05) is 45.3 Å². The average molecular weight is 277 g/mol. The minimum atomic E-state index is 0.582. The molecule has 1 fully saturated rings. The molecule has 1 aromatic rings. The molecule has 1 aliphatic rings. The van der Waals surface area contributed by atoms with E-state index < -0.39 is 0 Å². The van der Waals surface area contributed by atoms with Crippen molar-refractivity contribution in [1.82, 2.24) is 20.0 Å². The SMILES string of the molecule is CCCCN=C(NCC)N1CCC(c2cnn(C)c2)C1. The number of guanidine groups is 1. The highest BCUT2D eigenvalue weighted by atomic mass is 15.3. The van der Waals surface area contributed by atoms with Gasteiger partial charge in [0.25, 0.3) is 0 Å². The summed E-state index contributed by atoms with van der Waals surface area (Å²) in [5.41, 5.74) is 1.35. The first-order valence-electron chi connectivity index (χ1n) is 7.76. The molecule has 0 saturated carbocycles. The van der Waals surface area contributed by atoms with E-state index in [0.29, 0.717) is 5.92 Å². The summed E-state index contributed by atoms with van der Waals surface area (Å²) in [6.07, 6.45) is 7.67. The maximum Gasteiger partial charge on any atom is 0.193 e. The Balaban J connectivity index is 1.96. The highest BCUT2D eigenvalue weighted by Crippen LogP contribution is 2.26. The molecule has 5 nitrogen and oxygen atoms in total. The standard InChI is InChI=1S/C15H27N5/c1-4-6-8-17-15(16-5-2)20-9-7-13(12-20)14-10-18-19(3)11-14/h10-11,13H,4-9,12H2,1-3H3,(H,16,17). The fourth-order valence-electron chi connectivity index (χ4n) is 2.64. The fraction of sp³-hybridized carbons (Fsp3) is 0.733. The van der Waals surface area contributed by atoms with Gasteiger partial charge in [-0.2, -0.15) is 5.10 Å². The predicted octanol–water partition coefficient (Wildman–Crippen LogP) is 1.97. The fourth-order valence-corrected chi connectivity index (χ4v) is 2.64. The van der Waals surface area contributed by atoms with Crippen molar-refractivity contribution < 1.29 is 0 Å². The average Bonchev–Trinajstić information content (AvgIpc) is 3.06. The van der Waals surface area contributed by atoms with E-state index in [2.05, 4.69) is 35.4 Å². The number of aliphatic imine (C=N–C) groups is 1. The monoisotopic (exact) mass is 277 g/mol. The molecule has 0 bridgehead atoms. The van der Waals surface area contributed by atoms with Gasteiger partial charge in [0.05, 0.1) is 6.20 Å². The van der Waals surface area contributed by atoms with Gasteiger partial charge in [-0.15, -0.1) is 0 Å². The van der Waals surface area contributed by atoms with E-state index in [1.165, 1.54) is 18.4 Å². The zero-order valence-corrected chi connectivity index (χ0v) is 13.0. The number of hydrogen-bond acceptors (Lipinski definition) is 2. The summed E-state index contributed by atoms with van der Waals surface area (Å²) in [6, 6.07) is 0. The van der Waals surface area contributed by atoms with Gasteiger partial charge in [-0.25, -0.2) is 0 Å². The van der Waals surface area contributed by atoms with Crippen molar-refractivity contribution in [1.29, 1.82) is 0 Å². The third-order valence-electron chi connectivity index (χ3n) is 3.79. The lowest BCUT2D eigenvalue weighted by Gasteiger charge is -2.21. The zero-order valence-electron chi connectivity index (χ0n) is 13.0. The number of aryl methyl sites for hydroxylation is 1. The van der Waals surface area contributed by atoms with E-state index in [-0.39, 0.29) is 0 Å². The normalized spacial score (nSPS) is 19.6. The topological polar surface area (TPSA) is 45.5 Å². The molecule has 2 rings (SSSR count). The molecule has 20 heavy (non-hydrogen) atoms. The van der Waals surface area contributed by atoms with Gasteiger partial charge in [0.2, 0.25) is 0 Å². The largest absolute Gasteiger partial charge is 0.357 e. The Labute approximate surface area is 122 Å². The Kier molecular flexibility index (Phi) is 5.44. The van der Waals surface area contributed by atoms with Gasteiger partial charge >= 0.3 is 0 Å². The summed E-state index contributed by atoms with van der Waals surface area (Å²) in [5, 5.41) is 7.70. The lowest BCUT2D eigenvalue weighted by atomic mass is 10.0. The molecule has 1 unspecified atom stereocenters. The number of nitrogens with one attached hydrogen (secondary N) is 1. The number of aromatic nitrogens is 2. The van der Waals surface area contributed by atoms with Gasteiger partial charge < -0.3 is 10.2 Å². The summed E-state index contributed by atoms with van der Waals surface area (Å²) in [4.78, 5) is 7.11. The van der Waals surface area contributed by atoms with Crippen LogP contribution in [-0.4, -0.2) is 46.8 Å². The summed E-state index contributed by atoms with van der Waals surface area (Å²) in [7, 11) is 1.98. The van der Waals surface area contributed by atoms with Crippen LogP contribution in [0, 0.1) is 0 Å². The zero-order chi connectivity index (χ0) is 14.4. The number of nitrogens with zero attached hydrogens (tertiary/aromatic N) is 4. The van der Waals surface area contributed by atoms with Crippen LogP contribution in [0.4, 0.5) is 0 Å². The molecule has 112 valence electrons. The van der Waals surface area contributed by atoms with Gasteiger partial charge in [-0.05, 0) is 25.3 Å². The van der Waals surface area contributed by atoms with Crippen LogP contribution in [0.25, 0.3) is 0 Å². The number of rotatable bonds is 5. The molecule has 0 spiro atoms. The molecule has 1 aliphatic heterocycles. The molecule has 5 heteroatoms. The highest BCUT2D eigenvalue weighted by Gasteiger charge is 2.26. The van der Waals surface area contributed by atoms with Gasteiger partial charge in [0.1, 0.15) is 0 Å². The minimum absolute atomic E-state index is 0.582. The van der Waals surface area contributed by atoms with Crippen LogP contribution in [0.1, 0.15) is 44.6 Å². The smallest absolute Gasteiger partial charge is 0.193 e. The van der Waals surface area contributed by atoms with Gasteiger partial charge in [0.15, 0.2) is 5.96 Å².